The molecule has 0 aromatic heterocycles. The number of hydrogen-bond donors (Lipinski definition) is 2. The number of hydrogen-bond acceptors (Lipinski definition) is 4. The van der Waals surface area contributed by atoms with Crippen LogP contribution in [-0.2, 0) is 6.42 Å². The van der Waals surface area contributed by atoms with Crippen LogP contribution >= 0.6 is 35.1 Å². The van der Waals surface area contributed by atoms with Gasteiger partial charge in [-0.1, -0.05) is 41.9 Å². The minimum absolute atomic E-state index is 0.0935. The molecule has 0 bridgehead atoms. The Morgan fingerprint density at radius 1 is 1.00 bits per heavy atom. The zero-order chi connectivity index (χ0) is 27.2. The number of carbonyl (C=O) groups is 2. The molecule has 0 aliphatic rings. The Bertz CT molecular complexity index is 1270. The van der Waals surface area contributed by atoms with Gasteiger partial charge in [0.05, 0.1) is 16.1 Å². The lowest BCUT2D eigenvalue weighted by molar-refractivity contribution is -0.0328. The number of anilines is 1. The average molecular weight is 567 g/mol. The molecule has 0 unspecified atom stereocenters. The van der Waals surface area contributed by atoms with E-state index in [1.807, 2.05) is 32.2 Å². The van der Waals surface area contributed by atoms with Gasteiger partial charge < -0.3 is 10.6 Å². The molecular formula is C27H26ClF3N2O2S2. The molecule has 1 atom stereocenters. The van der Waals surface area contributed by atoms with Crippen molar-refractivity contribution in [2.45, 2.75) is 36.7 Å². The minimum Gasteiger partial charge on any atom is -0.349 e. The molecule has 37 heavy (non-hydrogen) atoms. The van der Waals surface area contributed by atoms with Gasteiger partial charge in [-0.2, -0.15) is 24.9 Å². The first kappa shape index (κ1) is 28.9. The molecule has 0 aliphatic heterocycles. The molecule has 2 N–H and O–H groups in total. The van der Waals surface area contributed by atoms with Crippen LogP contribution in [0.15, 0.2) is 65.6 Å². The molecule has 0 aliphatic carbocycles. The maximum atomic E-state index is 13.1. The number of nitrogens with one attached hydrogen (secondary N) is 2. The number of benzene rings is 3. The van der Waals surface area contributed by atoms with Crippen LogP contribution < -0.4 is 10.6 Å². The molecular weight excluding hydrogens is 541 g/mol. The molecule has 3 aromatic carbocycles. The third-order valence-corrected chi connectivity index (χ3v) is 7.27. The van der Waals surface area contributed by atoms with Crippen molar-refractivity contribution in [2.75, 3.05) is 17.3 Å². The molecule has 2 amide bonds. The zero-order valence-corrected chi connectivity index (χ0v) is 22.8. The van der Waals surface area contributed by atoms with Crippen LogP contribution in [0.3, 0.4) is 0 Å². The Morgan fingerprint density at radius 3 is 2.30 bits per heavy atom. The monoisotopic (exact) mass is 566 g/mol. The number of carbonyl (C=O) groups excluding carboxylic acids is 2. The van der Waals surface area contributed by atoms with Crippen molar-refractivity contribution in [1.82, 2.24) is 5.32 Å². The Hall–Kier alpha value is -2.62. The summed E-state index contributed by atoms with van der Waals surface area (Å²) in [7, 11) is 0. The Labute approximate surface area is 227 Å². The van der Waals surface area contributed by atoms with Gasteiger partial charge in [0.2, 0.25) is 0 Å². The van der Waals surface area contributed by atoms with E-state index in [4.69, 9.17) is 11.6 Å². The maximum absolute atomic E-state index is 13.1. The normalized spacial score (nSPS) is 12.2. The lowest BCUT2D eigenvalue weighted by Gasteiger charge is -2.16. The fraction of sp³-hybridized carbons (Fsp3) is 0.259. The number of rotatable bonds is 9. The van der Waals surface area contributed by atoms with Crippen LogP contribution in [0.2, 0.25) is 5.02 Å². The van der Waals surface area contributed by atoms with Crippen molar-refractivity contribution < 1.29 is 22.8 Å². The van der Waals surface area contributed by atoms with Crippen molar-refractivity contribution in [3.8, 4) is 0 Å². The van der Waals surface area contributed by atoms with E-state index in [1.54, 1.807) is 48.2 Å². The van der Waals surface area contributed by atoms with Gasteiger partial charge in [0.15, 0.2) is 0 Å². The van der Waals surface area contributed by atoms with Crippen molar-refractivity contribution in [3.05, 3.63) is 93.5 Å². The second kappa shape index (κ2) is 12.8. The highest BCUT2D eigenvalue weighted by Crippen LogP contribution is 2.36. The maximum Gasteiger partial charge on any atom is 0.446 e. The predicted octanol–water partition coefficient (Wildman–Crippen LogP) is 7.58. The standard InChI is InChI=1S/C27H26ClF3N2O2S2/c1-16-13-19(14-18-7-10-20(11-8-18)37-27(29,30)31)9-12-23(16)33-25(34)21-5-4-6-22(28)24(21)26(35)32-17(2)15-36-3/h4-13,17H,14-15H2,1-3H3,(H,32,35)(H,33,34)/t17-/m0/s1. The SMILES string of the molecule is CSC[C@H](C)NC(=O)c1c(Cl)cccc1C(=O)Nc1ccc(Cc2ccc(SC(F)(F)F)cc2)cc1C. The van der Waals surface area contributed by atoms with Crippen molar-refractivity contribution in [2.24, 2.45) is 0 Å². The Balaban J connectivity index is 1.73. The van der Waals surface area contributed by atoms with Gasteiger partial charge in [-0.05, 0) is 85.3 Å². The van der Waals surface area contributed by atoms with Crippen molar-refractivity contribution in [3.63, 3.8) is 0 Å². The summed E-state index contributed by atoms with van der Waals surface area (Å²) in [5, 5.41) is 5.92. The minimum atomic E-state index is -4.32. The Morgan fingerprint density at radius 2 is 1.68 bits per heavy atom. The lowest BCUT2D eigenvalue weighted by Crippen LogP contribution is -2.35. The molecule has 3 aromatic rings. The van der Waals surface area contributed by atoms with Crippen LogP contribution in [0, 0.1) is 6.92 Å². The Kier molecular flexibility index (Phi) is 9.98. The summed E-state index contributed by atoms with van der Waals surface area (Å²) < 4.78 is 37.6. The molecule has 0 heterocycles. The van der Waals surface area contributed by atoms with Gasteiger partial charge in [-0.3, -0.25) is 9.59 Å². The number of halogens is 4. The van der Waals surface area contributed by atoms with Crippen LogP contribution in [0.4, 0.5) is 18.9 Å². The van der Waals surface area contributed by atoms with Gasteiger partial charge in [0.25, 0.3) is 11.8 Å². The third kappa shape index (κ3) is 8.45. The van der Waals surface area contributed by atoms with Crippen LogP contribution in [0.25, 0.3) is 0 Å². The summed E-state index contributed by atoms with van der Waals surface area (Å²) in [6.45, 7) is 3.73. The largest absolute Gasteiger partial charge is 0.446 e. The fourth-order valence-electron chi connectivity index (χ4n) is 3.74. The number of alkyl halides is 3. The van der Waals surface area contributed by atoms with Gasteiger partial charge in [-0.25, -0.2) is 0 Å². The molecule has 0 saturated carbocycles. The first-order valence-electron chi connectivity index (χ1n) is 11.3. The fourth-order valence-corrected chi connectivity index (χ4v) is 5.13. The highest BCUT2D eigenvalue weighted by molar-refractivity contribution is 8.00. The second-order valence-corrected chi connectivity index (χ2v) is 10.9. The van der Waals surface area contributed by atoms with Crippen molar-refractivity contribution in [1.29, 1.82) is 0 Å². The first-order chi connectivity index (χ1) is 17.5. The summed E-state index contributed by atoms with van der Waals surface area (Å²) in [5.74, 6) is -0.150. The van der Waals surface area contributed by atoms with E-state index in [9.17, 15) is 22.8 Å². The molecule has 196 valence electrons. The number of amides is 2. The quantitative estimate of drug-likeness (QED) is 0.262. The van der Waals surface area contributed by atoms with E-state index in [0.29, 0.717) is 12.1 Å². The highest BCUT2D eigenvalue weighted by Gasteiger charge is 2.29. The third-order valence-electron chi connectivity index (χ3n) is 5.38. The summed E-state index contributed by atoms with van der Waals surface area (Å²) in [6.07, 6.45) is 2.47. The van der Waals surface area contributed by atoms with E-state index in [2.05, 4.69) is 10.6 Å². The predicted molar refractivity (Wildman–Crippen MR) is 147 cm³/mol. The van der Waals surface area contributed by atoms with E-state index in [0.717, 1.165) is 22.4 Å². The van der Waals surface area contributed by atoms with Gasteiger partial charge in [0.1, 0.15) is 0 Å². The molecule has 4 nitrogen and oxygen atoms in total. The first-order valence-corrected chi connectivity index (χ1v) is 13.9. The summed E-state index contributed by atoms with van der Waals surface area (Å²) in [5.41, 5.74) is -0.839. The summed E-state index contributed by atoms with van der Waals surface area (Å²) >= 11 is 7.76. The lowest BCUT2D eigenvalue weighted by atomic mass is 10.0. The van der Waals surface area contributed by atoms with Gasteiger partial charge in [-0.15, -0.1) is 0 Å². The van der Waals surface area contributed by atoms with E-state index in [1.165, 1.54) is 12.1 Å². The molecule has 0 fully saturated rings. The van der Waals surface area contributed by atoms with E-state index in [-0.39, 0.29) is 38.8 Å². The molecule has 0 spiro atoms. The summed E-state index contributed by atoms with van der Waals surface area (Å²) in [4.78, 5) is 26.1. The van der Waals surface area contributed by atoms with Gasteiger partial charge >= 0.3 is 5.51 Å². The number of aryl methyl sites for hydroxylation is 1. The summed E-state index contributed by atoms with van der Waals surface area (Å²) in [6, 6.07) is 16.4. The van der Waals surface area contributed by atoms with Crippen LogP contribution in [0.1, 0.15) is 44.3 Å². The second-order valence-electron chi connectivity index (χ2n) is 8.46. The van der Waals surface area contributed by atoms with E-state index < -0.39 is 17.3 Å². The van der Waals surface area contributed by atoms with Crippen molar-refractivity contribution >= 4 is 52.6 Å². The van der Waals surface area contributed by atoms with E-state index >= 15 is 0 Å². The van der Waals surface area contributed by atoms with Crippen LogP contribution in [-0.4, -0.2) is 35.4 Å². The molecule has 0 radical (unpaired) electrons. The average Bonchev–Trinajstić information content (AvgIpc) is 2.81. The smallest absolute Gasteiger partial charge is 0.349 e. The van der Waals surface area contributed by atoms with Crippen LogP contribution in [0.5, 0.6) is 0 Å². The topological polar surface area (TPSA) is 58.2 Å². The molecule has 3 rings (SSSR count). The van der Waals surface area contributed by atoms with Gasteiger partial charge in [0, 0.05) is 22.4 Å². The molecule has 0 saturated heterocycles. The molecule has 10 heteroatoms. The number of thioether (sulfide) groups is 2. The zero-order valence-electron chi connectivity index (χ0n) is 20.4. The highest BCUT2D eigenvalue weighted by atomic mass is 35.5.